The van der Waals surface area contributed by atoms with Gasteiger partial charge in [0.05, 0.1) is 7.11 Å². The zero-order valence-corrected chi connectivity index (χ0v) is 10.1. The highest BCUT2D eigenvalue weighted by Crippen LogP contribution is 2.31. The summed E-state index contributed by atoms with van der Waals surface area (Å²) >= 11 is 0. The summed E-state index contributed by atoms with van der Waals surface area (Å²) in [6.45, 7) is 8.28. The fourth-order valence-corrected chi connectivity index (χ4v) is 1.94. The normalized spacial score (nSPS) is 12.7. The summed E-state index contributed by atoms with van der Waals surface area (Å²) in [6, 6.07) is 2.29. The van der Waals surface area contributed by atoms with Crippen LogP contribution < -0.4 is 16.0 Å². The Kier molecular flexibility index (Phi) is 3.72. The third-order valence-corrected chi connectivity index (χ3v) is 2.99. The van der Waals surface area contributed by atoms with E-state index >= 15 is 0 Å². The molecule has 0 aliphatic heterocycles. The summed E-state index contributed by atoms with van der Waals surface area (Å²) in [5.41, 5.74) is 7.58. The number of benzene rings is 1. The maximum absolute atomic E-state index is 5.46. The van der Waals surface area contributed by atoms with Crippen molar-refractivity contribution in [2.45, 2.75) is 33.7 Å². The molecule has 0 saturated heterocycles. The minimum absolute atomic E-state index is 0.160. The molecule has 1 aromatic rings. The molecule has 1 atom stereocenters. The molecule has 1 rings (SSSR count). The van der Waals surface area contributed by atoms with E-state index in [9.17, 15) is 0 Å². The quantitative estimate of drug-likeness (QED) is 0.591. The Morgan fingerprint density at radius 2 is 1.87 bits per heavy atom. The zero-order chi connectivity index (χ0) is 11.6. The molecule has 0 aliphatic carbocycles. The monoisotopic (exact) mass is 208 g/mol. The molecule has 0 radical (unpaired) electrons. The molecule has 1 aromatic carbocycles. The van der Waals surface area contributed by atoms with Gasteiger partial charge in [0.2, 0.25) is 0 Å². The van der Waals surface area contributed by atoms with Crippen molar-refractivity contribution in [2.75, 3.05) is 7.11 Å². The van der Waals surface area contributed by atoms with Crippen molar-refractivity contribution in [3.63, 3.8) is 0 Å². The minimum atomic E-state index is 0.160. The molecule has 3 heteroatoms. The van der Waals surface area contributed by atoms with Crippen molar-refractivity contribution in [3.05, 3.63) is 28.3 Å². The molecule has 0 bridgehead atoms. The lowest BCUT2D eigenvalue weighted by molar-refractivity contribution is 0.407. The molecular weight excluding hydrogens is 188 g/mol. The molecule has 0 spiro atoms. The second-order valence-corrected chi connectivity index (χ2v) is 3.95. The van der Waals surface area contributed by atoms with E-state index in [2.05, 4.69) is 32.3 Å². The molecular formula is C12H20N2O. The van der Waals surface area contributed by atoms with Gasteiger partial charge in [-0.2, -0.15) is 0 Å². The van der Waals surface area contributed by atoms with E-state index in [1.807, 2.05) is 6.92 Å². The molecule has 3 nitrogen and oxygen atoms in total. The van der Waals surface area contributed by atoms with Gasteiger partial charge in [-0.15, -0.1) is 0 Å². The van der Waals surface area contributed by atoms with Gasteiger partial charge in [-0.05, 0) is 49.9 Å². The van der Waals surface area contributed by atoms with Gasteiger partial charge in [-0.1, -0.05) is 6.07 Å². The molecule has 0 aliphatic rings. The first kappa shape index (κ1) is 12.0. The van der Waals surface area contributed by atoms with Crippen LogP contribution in [-0.2, 0) is 0 Å². The van der Waals surface area contributed by atoms with Gasteiger partial charge in [0, 0.05) is 6.04 Å². The second-order valence-electron chi connectivity index (χ2n) is 3.95. The molecule has 1 unspecified atom stereocenters. The predicted molar refractivity (Wildman–Crippen MR) is 62.9 cm³/mol. The summed E-state index contributed by atoms with van der Waals surface area (Å²) in [5, 5.41) is 0. The topological polar surface area (TPSA) is 47.3 Å². The van der Waals surface area contributed by atoms with Crippen LogP contribution in [0.2, 0.25) is 0 Å². The van der Waals surface area contributed by atoms with Crippen molar-refractivity contribution in [1.82, 2.24) is 5.43 Å². The van der Waals surface area contributed by atoms with Crippen LogP contribution in [0, 0.1) is 20.8 Å². The zero-order valence-electron chi connectivity index (χ0n) is 10.1. The van der Waals surface area contributed by atoms with Gasteiger partial charge in [-0.3, -0.25) is 11.3 Å². The lowest BCUT2D eigenvalue weighted by Crippen LogP contribution is -2.26. The highest BCUT2D eigenvalue weighted by molar-refractivity contribution is 5.49. The fraction of sp³-hybridized carbons (Fsp3) is 0.500. The van der Waals surface area contributed by atoms with Crippen LogP contribution in [0.15, 0.2) is 6.07 Å². The Morgan fingerprint density at radius 3 is 2.33 bits per heavy atom. The minimum Gasteiger partial charge on any atom is -0.496 e. The lowest BCUT2D eigenvalue weighted by atomic mass is 9.95. The number of aryl methyl sites for hydroxylation is 1. The van der Waals surface area contributed by atoms with Crippen LogP contribution >= 0.6 is 0 Å². The van der Waals surface area contributed by atoms with Crippen LogP contribution in [0.5, 0.6) is 5.75 Å². The first-order valence-corrected chi connectivity index (χ1v) is 5.13. The van der Waals surface area contributed by atoms with Crippen molar-refractivity contribution in [1.29, 1.82) is 0 Å². The smallest absolute Gasteiger partial charge is 0.124 e. The molecule has 0 amide bonds. The number of hydrogen-bond acceptors (Lipinski definition) is 3. The van der Waals surface area contributed by atoms with Gasteiger partial charge in [0.25, 0.3) is 0 Å². The van der Waals surface area contributed by atoms with E-state index in [0.29, 0.717) is 0 Å². The lowest BCUT2D eigenvalue weighted by Gasteiger charge is -2.19. The molecule has 3 N–H and O–H groups in total. The first-order valence-electron chi connectivity index (χ1n) is 5.13. The molecule has 0 heterocycles. The van der Waals surface area contributed by atoms with Crippen LogP contribution in [0.3, 0.4) is 0 Å². The Hall–Kier alpha value is -1.06. The van der Waals surface area contributed by atoms with E-state index < -0.39 is 0 Å². The molecule has 15 heavy (non-hydrogen) atoms. The van der Waals surface area contributed by atoms with Gasteiger partial charge in [0.15, 0.2) is 0 Å². The number of nitrogens with two attached hydrogens (primary N) is 1. The van der Waals surface area contributed by atoms with Gasteiger partial charge in [-0.25, -0.2) is 0 Å². The van der Waals surface area contributed by atoms with Crippen molar-refractivity contribution in [2.24, 2.45) is 5.84 Å². The largest absolute Gasteiger partial charge is 0.496 e. The highest BCUT2D eigenvalue weighted by atomic mass is 16.5. The summed E-state index contributed by atoms with van der Waals surface area (Å²) in [5.74, 6) is 6.44. The highest BCUT2D eigenvalue weighted by Gasteiger charge is 2.13. The van der Waals surface area contributed by atoms with E-state index in [4.69, 9.17) is 10.6 Å². The Labute approximate surface area is 91.6 Å². The van der Waals surface area contributed by atoms with Crippen molar-refractivity contribution in [3.8, 4) is 5.75 Å². The van der Waals surface area contributed by atoms with Gasteiger partial charge < -0.3 is 4.74 Å². The Morgan fingerprint density at radius 1 is 1.27 bits per heavy atom. The van der Waals surface area contributed by atoms with E-state index in [1.165, 1.54) is 16.7 Å². The van der Waals surface area contributed by atoms with Gasteiger partial charge >= 0.3 is 0 Å². The number of ether oxygens (including phenoxy) is 1. The van der Waals surface area contributed by atoms with Crippen LogP contribution in [0.25, 0.3) is 0 Å². The fourth-order valence-electron chi connectivity index (χ4n) is 1.94. The number of hydrogen-bond donors (Lipinski definition) is 2. The summed E-state index contributed by atoms with van der Waals surface area (Å²) in [4.78, 5) is 0. The maximum atomic E-state index is 5.46. The summed E-state index contributed by atoms with van der Waals surface area (Å²) in [7, 11) is 1.71. The summed E-state index contributed by atoms with van der Waals surface area (Å²) < 4.78 is 5.37. The Bertz CT molecular complexity index is 361. The van der Waals surface area contributed by atoms with Crippen LogP contribution in [0.4, 0.5) is 0 Å². The number of rotatable bonds is 3. The van der Waals surface area contributed by atoms with Gasteiger partial charge in [0.1, 0.15) is 5.75 Å². The van der Waals surface area contributed by atoms with Crippen molar-refractivity contribution < 1.29 is 4.74 Å². The third kappa shape index (κ3) is 2.13. The summed E-state index contributed by atoms with van der Waals surface area (Å²) in [6.07, 6.45) is 0. The van der Waals surface area contributed by atoms with Crippen LogP contribution in [-0.4, -0.2) is 7.11 Å². The molecule has 84 valence electrons. The maximum Gasteiger partial charge on any atom is 0.124 e. The molecule has 0 aromatic heterocycles. The third-order valence-electron chi connectivity index (χ3n) is 2.99. The standard InChI is InChI=1S/C12H20N2O/c1-7-6-11(10(4)14-13)8(2)9(3)12(7)15-5/h6,10,14H,13H2,1-5H3. The number of nitrogens with one attached hydrogen (secondary N) is 1. The van der Waals surface area contributed by atoms with E-state index in [-0.39, 0.29) is 6.04 Å². The van der Waals surface area contributed by atoms with E-state index in [1.54, 1.807) is 7.11 Å². The number of methoxy groups -OCH3 is 1. The number of hydrazine groups is 1. The molecule has 0 saturated carbocycles. The molecule has 0 fully saturated rings. The predicted octanol–water partition coefficient (Wildman–Crippen LogP) is 2.14. The first-order chi connectivity index (χ1) is 7.02. The van der Waals surface area contributed by atoms with Crippen LogP contribution in [0.1, 0.15) is 35.2 Å². The second kappa shape index (κ2) is 4.64. The average molecular weight is 208 g/mol. The average Bonchev–Trinajstić information content (AvgIpc) is 2.23. The Balaban J connectivity index is 3.33. The SMILES string of the molecule is COc1c(C)cc(C(C)NN)c(C)c1C. The van der Waals surface area contributed by atoms with E-state index in [0.717, 1.165) is 11.3 Å². The van der Waals surface area contributed by atoms with Crippen molar-refractivity contribution >= 4 is 0 Å².